The Morgan fingerprint density at radius 2 is 1.73 bits per heavy atom. The van der Waals surface area contributed by atoms with Gasteiger partial charge in [-0.25, -0.2) is 4.98 Å². The van der Waals surface area contributed by atoms with E-state index in [1.54, 1.807) is 0 Å². The van der Waals surface area contributed by atoms with Gasteiger partial charge in [-0.1, -0.05) is 42.8 Å². The Kier molecular flexibility index (Phi) is 7.76. The molecule has 3 aromatic rings. The summed E-state index contributed by atoms with van der Waals surface area (Å²) in [6.45, 7) is 4.83. The summed E-state index contributed by atoms with van der Waals surface area (Å²) in [4.78, 5) is 31.8. The van der Waals surface area contributed by atoms with Gasteiger partial charge in [0.05, 0.1) is 17.5 Å². The Labute approximate surface area is 196 Å². The third-order valence-corrected chi connectivity index (χ3v) is 6.50. The van der Waals surface area contributed by atoms with Gasteiger partial charge in [-0.15, -0.1) is 0 Å². The van der Waals surface area contributed by atoms with Crippen LogP contribution in [-0.4, -0.2) is 45.9 Å². The summed E-state index contributed by atoms with van der Waals surface area (Å²) in [5.41, 5.74) is 4.21. The normalized spacial score (nSPS) is 13.5. The van der Waals surface area contributed by atoms with Crippen LogP contribution in [0.15, 0.2) is 48.5 Å². The van der Waals surface area contributed by atoms with Gasteiger partial charge in [-0.05, 0) is 55.9 Å². The molecule has 6 heteroatoms. The molecule has 2 aromatic carbocycles. The number of nitrogens with one attached hydrogen (secondary N) is 1. The number of aryl methyl sites for hydroxylation is 2. The molecule has 0 saturated carbocycles. The number of imidazole rings is 1. The highest BCUT2D eigenvalue weighted by Crippen LogP contribution is 2.19. The van der Waals surface area contributed by atoms with E-state index in [1.165, 1.54) is 0 Å². The van der Waals surface area contributed by atoms with Crippen LogP contribution in [0.3, 0.4) is 0 Å². The number of rotatable bonds is 10. The average Bonchev–Trinajstić information content (AvgIpc) is 3.47. The Bertz CT molecular complexity index is 1100. The highest BCUT2D eigenvalue weighted by molar-refractivity contribution is 5.81. The van der Waals surface area contributed by atoms with Crippen LogP contribution in [0.4, 0.5) is 0 Å². The molecule has 2 heterocycles. The lowest BCUT2D eigenvalue weighted by atomic mass is 10.1. The van der Waals surface area contributed by atoms with Crippen LogP contribution in [0.1, 0.15) is 49.1 Å². The lowest BCUT2D eigenvalue weighted by molar-refractivity contribution is -0.130. The van der Waals surface area contributed by atoms with Crippen LogP contribution in [0.25, 0.3) is 11.0 Å². The first-order valence-electron chi connectivity index (χ1n) is 12.1. The number of carbonyl (C=O) groups excluding carboxylic acids is 2. The minimum absolute atomic E-state index is 0.0755. The molecule has 1 saturated heterocycles. The van der Waals surface area contributed by atoms with Gasteiger partial charge in [-0.2, -0.15) is 0 Å². The molecule has 0 atom stereocenters. The number of benzene rings is 2. The summed E-state index contributed by atoms with van der Waals surface area (Å²) in [5.74, 6) is 1.24. The SMILES string of the molecule is Cc1ccccc1CC(=O)NCCCCCc1nc2ccccc2n1CC(=O)N1CCCC1. The van der Waals surface area contributed by atoms with Gasteiger partial charge in [0.1, 0.15) is 12.4 Å². The monoisotopic (exact) mass is 446 g/mol. The summed E-state index contributed by atoms with van der Waals surface area (Å²) in [7, 11) is 0. The summed E-state index contributed by atoms with van der Waals surface area (Å²) in [6, 6.07) is 16.1. The summed E-state index contributed by atoms with van der Waals surface area (Å²) in [6.07, 6.45) is 6.39. The molecule has 1 N–H and O–H groups in total. The first-order chi connectivity index (χ1) is 16.1. The number of fused-ring (bicyclic) bond motifs is 1. The number of para-hydroxylation sites is 2. The Hall–Kier alpha value is -3.15. The molecule has 2 amide bonds. The van der Waals surface area contributed by atoms with Crippen molar-refractivity contribution in [2.45, 2.75) is 58.4 Å². The van der Waals surface area contributed by atoms with Crippen LogP contribution in [-0.2, 0) is 29.0 Å². The second kappa shape index (κ2) is 11.1. The van der Waals surface area contributed by atoms with E-state index in [2.05, 4.69) is 9.88 Å². The molecule has 174 valence electrons. The molecular formula is C27H34N4O2. The van der Waals surface area contributed by atoms with Crippen LogP contribution >= 0.6 is 0 Å². The lowest BCUT2D eigenvalue weighted by Gasteiger charge is -2.17. The van der Waals surface area contributed by atoms with Crippen molar-refractivity contribution in [3.05, 3.63) is 65.5 Å². The highest BCUT2D eigenvalue weighted by atomic mass is 16.2. The number of unbranched alkanes of at least 4 members (excludes halogenated alkanes) is 2. The largest absolute Gasteiger partial charge is 0.356 e. The average molecular weight is 447 g/mol. The van der Waals surface area contributed by atoms with Crippen molar-refractivity contribution in [2.24, 2.45) is 0 Å². The van der Waals surface area contributed by atoms with Gasteiger partial charge in [0.15, 0.2) is 0 Å². The summed E-state index contributed by atoms with van der Waals surface area (Å²) >= 11 is 0. The first-order valence-corrected chi connectivity index (χ1v) is 12.1. The molecule has 1 fully saturated rings. The molecule has 0 spiro atoms. The summed E-state index contributed by atoms with van der Waals surface area (Å²) in [5, 5.41) is 3.04. The number of nitrogens with zero attached hydrogens (tertiary/aromatic N) is 3. The predicted molar refractivity (Wildman–Crippen MR) is 131 cm³/mol. The van der Waals surface area contributed by atoms with Crippen molar-refractivity contribution < 1.29 is 9.59 Å². The molecule has 0 aliphatic carbocycles. The maximum Gasteiger partial charge on any atom is 0.242 e. The van der Waals surface area contributed by atoms with Crippen molar-refractivity contribution in [2.75, 3.05) is 19.6 Å². The fraction of sp³-hybridized carbons (Fsp3) is 0.444. The fourth-order valence-corrected chi connectivity index (χ4v) is 4.55. The van der Waals surface area contributed by atoms with E-state index in [-0.39, 0.29) is 11.8 Å². The van der Waals surface area contributed by atoms with Crippen LogP contribution < -0.4 is 5.32 Å². The lowest BCUT2D eigenvalue weighted by Crippen LogP contribution is -2.31. The van der Waals surface area contributed by atoms with E-state index >= 15 is 0 Å². The van der Waals surface area contributed by atoms with E-state index < -0.39 is 0 Å². The Morgan fingerprint density at radius 1 is 0.970 bits per heavy atom. The maximum absolute atomic E-state index is 12.8. The molecule has 1 aromatic heterocycles. The number of likely N-dealkylation sites (tertiary alicyclic amines) is 1. The smallest absolute Gasteiger partial charge is 0.242 e. The number of hydrogen-bond donors (Lipinski definition) is 1. The first kappa shape index (κ1) is 23.0. The van der Waals surface area contributed by atoms with Crippen molar-refractivity contribution in [3.63, 3.8) is 0 Å². The van der Waals surface area contributed by atoms with Crippen molar-refractivity contribution in [1.29, 1.82) is 0 Å². The predicted octanol–water partition coefficient (Wildman–Crippen LogP) is 4.04. The van der Waals surface area contributed by atoms with Gasteiger partial charge >= 0.3 is 0 Å². The van der Waals surface area contributed by atoms with E-state index in [4.69, 9.17) is 4.98 Å². The van der Waals surface area contributed by atoms with E-state index in [9.17, 15) is 9.59 Å². The number of aromatic nitrogens is 2. The zero-order valence-electron chi connectivity index (χ0n) is 19.6. The minimum atomic E-state index is 0.0755. The van der Waals surface area contributed by atoms with Crippen LogP contribution in [0.5, 0.6) is 0 Å². The maximum atomic E-state index is 12.8. The summed E-state index contributed by atoms with van der Waals surface area (Å²) < 4.78 is 2.10. The van der Waals surface area contributed by atoms with E-state index in [0.29, 0.717) is 19.5 Å². The van der Waals surface area contributed by atoms with Crippen LogP contribution in [0, 0.1) is 6.92 Å². The van der Waals surface area contributed by atoms with E-state index in [0.717, 1.165) is 79.6 Å². The zero-order valence-corrected chi connectivity index (χ0v) is 19.6. The molecule has 0 bridgehead atoms. The van der Waals surface area contributed by atoms with Gasteiger partial charge in [0, 0.05) is 26.1 Å². The standard InChI is InChI=1S/C27H34N4O2/c1-21-11-4-5-12-22(21)19-26(32)28-16-8-2-3-15-25-29-23-13-6-7-14-24(23)31(25)20-27(33)30-17-9-10-18-30/h4-7,11-14H,2-3,8-10,15-20H2,1H3,(H,28,32). The number of hydrogen-bond acceptors (Lipinski definition) is 3. The zero-order chi connectivity index (χ0) is 23.0. The minimum Gasteiger partial charge on any atom is -0.356 e. The van der Waals surface area contributed by atoms with Gasteiger partial charge in [0.2, 0.25) is 11.8 Å². The molecule has 33 heavy (non-hydrogen) atoms. The quantitative estimate of drug-likeness (QED) is 0.478. The second-order valence-corrected chi connectivity index (χ2v) is 8.95. The second-order valence-electron chi connectivity index (χ2n) is 8.95. The van der Waals surface area contributed by atoms with E-state index in [1.807, 2.05) is 60.4 Å². The highest BCUT2D eigenvalue weighted by Gasteiger charge is 2.20. The van der Waals surface area contributed by atoms with Crippen molar-refractivity contribution in [3.8, 4) is 0 Å². The Balaban J connectivity index is 1.25. The molecule has 6 nitrogen and oxygen atoms in total. The molecule has 4 rings (SSSR count). The van der Waals surface area contributed by atoms with Gasteiger partial charge < -0.3 is 14.8 Å². The molecule has 0 unspecified atom stereocenters. The third kappa shape index (κ3) is 6.01. The molecule has 0 radical (unpaired) electrons. The Morgan fingerprint density at radius 3 is 2.55 bits per heavy atom. The number of amides is 2. The van der Waals surface area contributed by atoms with Crippen LogP contribution in [0.2, 0.25) is 0 Å². The van der Waals surface area contributed by atoms with Gasteiger partial charge in [0.25, 0.3) is 0 Å². The number of carbonyl (C=O) groups is 2. The molecular weight excluding hydrogens is 412 g/mol. The molecule has 1 aliphatic heterocycles. The van der Waals surface area contributed by atoms with Crippen molar-refractivity contribution >= 4 is 22.8 Å². The fourth-order valence-electron chi connectivity index (χ4n) is 4.55. The topological polar surface area (TPSA) is 67.2 Å². The van der Waals surface area contributed by atoms with Gasteiger partial charge in [-0.3, -0.25) is 9.59 Å². The molecule has 1 aliphatic rings. The third-order valence-electron chi connectivity index (χ3n) is 6.50. The van der Waals surface area contributed by atoms with Crippen molar-refractivity contribution in [1.82, 2.24) is 19.8 Å².